The van der Waals surface area contributed by atoms with Gasteiger partial charge in [0.25, 0.3) is 0 Å². The van der Waals surface area contributed by atoms with Gasteiger partial charge in [-0.2, -0.15) is 0 Å². The number of hydrogen-bond donors (Lipinski definition) is 0. The van der Waals surface area contributed by atoms with Crippen LogP contribution in [0.2, 0.25) is 0 Å². The molecule has 25 heavy (non-hydrogen) atoms. The van der Waals surface area contributed by atoms with Crippen LogP contribution in [0.1, 0.15) is 13.3 Å². The van der Waals surface area contributed by atoms with Gasteiger partial charge in [-0.3, -0.25) is 0 Å². The van der Waals surface area contributed by atoms with Crippen molar-refractivity contribution < 1.29 is 13.3 Å². The van der Waals surface area contributed by atoms with Gasteiger partial charge in [-0.25, -0.2) is 28.1 Å². The summed E-state index contributed by atoms with van der Waals surface area (Å²) in [5.41, 5.74) is -1.81. The minimum atomic E-state index is -1.67. The van der Waals surface area contributed by atoms with Crippen molar-refractivity contribution in [3.05, 3.63) is 56.8 Å². The van der Waals surface area contributed by atoms with Gasteiger partial charge < -0.3 is 13.3 Å². The molecule has 0 aromatic carbocycles. The Morgan fingerprint density at radius 1 is 0.840 bits per heavy atom. The summed E-state index contributed by atoms with van der Waals surface area (Å²) < 4.78 is 17.3. The van der Waals surface area contributed by atoms with E-state index in [9.17, 15) is 14.4 Å². The highest BCUT2D eigenvalue weighted by atomic mass is 28.3. The van der Waals surface area contributed by atoms with Crippen molar-refractivity contribution in [2.45, 2.75) is 33.0 Å². The van der Waals surface area contributed by atoms with E-state index in [1.165, 1.54) is 12.2 Å². The molecule has 0 atom stereocenters. The van der Waals surface area contributed by atoms with E-state index in [1.807, 2.05) is 6.92 Å². The van der Waals surface area contributed by atoms with Crippen molar-refractivity contribution in [3.63, 3.8) is 0 Å². The summed E-state index contributed by atoms with van der Waals surface area (Å²) in [6.45, 7) is 9.30. The zero-order valence-corrected chi connectivity index (χ0v) is 16.4. The SMILES string of the molecule is C=CCn1c(=O)n(CC=C)c(=O)n(CCC)c1=O.CO[SiH](OC)OC. The highest BCUT2D eigenvalue weighted by molar-refractivity contribution is 6.36. The summed E-state index contributed by atoms with van der Waals surface area (Å²) in [5.74, 6) is 0. The summed E-state index contributed by atoms with van der Waals surface area (Å²) in [4.78, 5) is 35.9. The fourth-order valence-corrected chi connectivity index (χ4v) is 2.53. The van der Waals surface area contributed by atoms with E-state index in [0.29, 0.717) is 6.42 Å². The van der Waals surface area contributed by atoms with Crippen LogP contribution in [0.4, 0.5) is 0 Å². The van der Waals surface area contributed by atoms with Crippen LogP contribution in [0.25, 0.3) is 0 Å². The van der Waals surface area contributed by atoms with Crippen molar-refractivity contribution in [2.75, 3.05) is 21.3 Å². The molecule has 10 heteroatoms. The molecule has 1 aromatic rings. The minimum absolute atomic E-state index is 0.0821. The number of hydrogen-bond acceptors (Lipinski definition) is 6. The predicted molar refractivity (Wildman–Crippen MR) is 98.1 cm³/mol. The average Bonchev–Trinajstić information content (AvgIpc) is 2.61. The fraction of sp³-hybridized carbons (Fsp3) is 0.533. The van der Waals surface area contributed by atoms with Crippen molar-refractivity contribution in [2.24, 2.45) is 0 Å². The minimum Gasteiger partial charge on any atom is -0.379 e. The van der Waals surface area contributed by atoms with Crippen LogP contribution in [0.15, 0.2) is 39.7 Å². The molecule has 0 saturated carbocycles. The maximum atomic E-state index is 12.0. The molecule has 0 bridgehead atoms. The Kier molecular flexibility index (Phi) is 11.4. The van der Waals surface area contributed by atoms with E-state index in [1.54, 1.807) is 21.3 Å². The maximum Gasteiger partial charge on any atom is 0.483 e. The van der Waals surface area contributed by atoms with Gasteiger partial charge in [0.1, 0.15) is 0 Å². The molecule has 0 spiro atoms. The first kappa shape index (κ1) is 23.0. The molecule has 0 N–H and O–H groups in total. The zero-order chi connectivity index (χ0) is 19.4. The van der Waals surface area contributed by atoms with Crippen molar-refractivity contribution in [1.82, 2.24) is 13.7 Å². The first-order chi connectivity index (χ1) is 11.9. The average molecular weight is 373 g/mol. The van der Waals surface area contributed by atoms with Crippen molar-refractivity contribution in [1.29, 1.82) is 0 Å². The molecule has 0 aliphatic heterocycles. The quantitative estimate of drug-likeness (QED) is 0.432. The van der Waals surface area contributed by atoms with E-state index in [0.717, 1.165) is 13.7 Å². The summed E-state index contributed by atoms with van der Waals surface area (Å²) in [5, 5.41) is 0. The Labute approximate surface area is 148 Å². The van der Waals surface area contributed by atoms with Crippen LogP contribution < -0.4 is 17.1 Å². The summed E-state index contributed by atoms with van der Waals surface area (Å²) in [7, 11) is 3.05. The van der Waals surface area contributed by atoms with Gasteiger partial charge in [-0.05, 0) is 6.42 Å². The number of rotatable bonds is 9. The Hall–Kier alpha value is -2.01. The predicted octanol–water partition coefficient (Wildman–Crippen LogP) is -0.403. The second-order valence-electron chi connectivity index (χ2n) is 4.79. The smallest absolute Gasteiger partial charge is 0.379 e. The molecule has 0 aliphatic rings. The second kappa shape index (κ2) is 12.4. The van der Waals surface area contributed by atoms with Crippen LogP contribution in [-0.4, -0.2) is 44.6 Å². The van der Waals surface area contributed by atoms with Crippen LogP contribution in [0.3, 0.4) is 0 Å². The van der Waals surface area contributed by atoms with Crippen LogP contribution in [0.5, 0.6) is 0 Å². The summed E-state index contributed by atoms with van der Waals surface area (Å²) >= 11 is 0. The molecule has 1 rings (SSSR count). The first-order valence-electron chi connectivity index (χ1n) is 7.67. The lowest BCUT2D eigenvalue weighted by atomic mass is 10.5. The molecule has 0 fully saturated rings. The zero-order valence-electron chi connectivity index (χ0n) is 15.3. The van der Waals surface area contributed by atoms with Crippen LogP contribution >= 0.6 is 0 Å². The Balaban J connectivity index is 0.000000697. The van der Waals surface area contributed by atoms with E-state index in [2.05, 4.69) is 13.2 Å². The normalized spacial score (nSPS) is 10.3. The maximum absolute atomic E-state index is 12.0. The van der Waals surface area contributed by atoms with E-state index in [4.69, 9.17) is 13.3 Å². The van der Waals surface area contributed by atoms with Gasteiger partial charge in [0.2, 0.25) is 0 Å². The van der Waals surface area contributed by atoms with E-state index >= 15 is 0 Å². The third-order valence-electron chi connectivity index (χ3n) is 3.03. The van der Waals surface area contributed by atoms with Gasteiger partial charge in [0.15, 0.2) is 0 Å². The van der Waals surface area contributed by atoms with Gasteiger partial charge in [-0.1, -0.05) is 19.1 Å². The Morgan fingerprint density at radius 2 is 1.20 bits per heavy atom. The second-order valence-corrected chi connectivity index (χ2v) is 6.79. The fourth-order valence-electron chi connectivity index (χ4n) is 1.96. The van der Waals surface area contributed by atoms with Gasteiger partial charge in [-0.15, -0.1) is 13.2 Å². The number of allylic oxidation sites excluding steroid dienone is 2. The Bertz CT molecular complexity index is 664. The lowest BCUT2D eigenvalue weighted by Gasteiger charge is -2.11. The molecule has 0 radical (unpaired) electrons. The molecule has 0 aliphatic carbocycles. The third kappa shape index (κ3) is 6.42. The molecule has 0 amide bonds. The number of nitrogens with zero attached hydrogens (tertiary/aromatic N) is 3. The highest BCUT2D eigenvalue weighted by Gasteiger charge is 2.12. The van der Waals surface area contributed by atoms with Crippen molar-refractivity contribution >= 4 is 9.53 Å². The van der Waals surface area contributed by atoms with Crippen molar-refractivity contribution in [3.8, 4) is 0 Å². The molecule has 142 valence electrons. The van der Waals surface area contributed by atoms with Crippen LogP contribution in [-0.2, 0) is 32.9 Å². The van der Waals surface area contributed by atoms with E-state index < -0.39 is 26.6 Å². The van der Waals surface area contributed by atoms with Gasteiger partial charge in [0, 0.05) is 27.9 Å². The molecule has 1 heterocycles. The highest BCUT2D eigenvalue weighted by Crippen LogP contribution is 1.82. The lowest BCUT2D eigenvalue weighted by molar-refractivity contribution is 0.163. The van der Waals surface area contributed by atoms with Gasteiger partial charge in [0.05, 0.1) is 13.1 Å². The molecule has 0 saturated heterocycles. The summed E-state index contributed by atoms with van der Waals surface area (Å²) in [6, 6.07) is 0. The van der Waals surface area contributed by atoms with Crippen LogP contribution in [0, 0.1) is 0 Å². The third-order valence-corrected chi connectivity index (χ3v) is 4.19. The molecular formula is C15H27N3O6Si. The van der Waals surface area contributed by atoms with E-state index in [-0.39, 0.29) is 19.6 Å². The molecule has 1 aromatic heterocycles. The largest absolute Gasteiger partial charge is 0.483 e. The Morgan fingerprint density at radius 3 is 1.44 bits per heavy atom. The summed E-state index contributed by atoms with van der Waals surface area (Å²) in [6.07, 6.45) is 3.53. The molecule has 9 nitrogen and oxygen atoms in total. The first-order valence-corrected chi connectivity index (χ1v) is 9.09. The van der Waals surface area contributed by atoms with Gasteiger partial charge >= 0.3 is 26.6 Å². The molecular weight excluding hydrogens is 346 g/mol. The lowest BCUT2D eigenvalue weighted by Crippen LogP contribution is -2.54. The standard InChI is InChI=1S/C12H17N3O3.C3H10O3Si/c1-4-7-13-10(16)14(8-5-2)12(18)15(9-6-3)11(13)17;1-4-7(5-2)6-3/h4-5H,1-2,6-9H2,3H3;7H,1-3H3. The topological polar surface area (TPSA) is 93.7 Å². The molecule has 0 unspecified atom stereocenters. The monoisotopic (exact) mass is 373 g/mol. The number of aromatic nitrogens is 3.